The molecule has 0 aromatic heterocycles. The van der Waals surface area contributed by atoms with E-state index in [2.05, 4.69) is 17.4 Å². The summed E-state index contributed by atoms with van der Waals surface area (Å²) < 4.78 is 5.41. The van der Waals surface area contributed by atoms with Gasteiger partial charge in [-0.05, 0) is 24.0 Å². The molecule has 0 saturated carbocycles. The average molecular weight is 221 g/mol. The lowest BCUT2D eigenvalue weighted by molar-refractivity contribution is 0.0699. The molecule has 16 heavy (non-hydrogen) atoms. The molecule has 0 aliphatic carbocycles. The zero-order chi connectivity index (χ0) is 11.2. The molecule has 2 rings (SSSR count). The van der Waals surface area contributed by atoms with Crippen LogP contribution in [0.2, 0.25) is 0 Å². The Kier molecular flexibility index (Phi) is 4.34. The molecule has 1 heterocycles. The van der Waals surface area contributed by atoms with Gasteiger partial charge < -0.3 is 15.2 Å². The van der Waals surface area contributed by atoms with Gasteiger partial charge in [-0.3, -0.25) is 0 Å². The molecule has 2 N–H and O–H groups in total. The van der Waals surface area contributed by atoms with E-state index in [4.69, 9.17) is 9.84 Å². The lowest BCUT2D eigenvalue weighted by atomic mass is 10.1. The van der Waals surface area contributed by atoms with Gasteiger partial charge in [0.25, 0.3) is 0 Å². The first-order valence-corrected chi connectivity index (χ1v) is 5.88. The monoisotopic (exact) mass is 221 g/mol. The number of aliphatic hydroxyl groups is 1. The third-order valence-corrected chi connectivity index (χ3v) is 2.96. The minimum atomic E-state index is 0.115. The topological polar surface area (TPSA) is 41.5 Å². The zero-order valence-corrected chi connectivity index (χ0v) is 9.48. The molecule has 1 fully saturated rings. The van der Waals surface area contributed by atoms with Crippen molar-refractivity contribution in [1.29, 1.82) is 0 Å². The Morgan fingerprint density at radius 3 is 2.62 bits per heavy atom. The number of rotatable bonds is 4. The van der Waals surface area contributed by atoms with E-state index in [9.17, 15) is 0 Å². The van der Waals surface area contributed by atoms with E-state index in [1.54, 1.807) is 0 Å². The molecular weight excluding hydrogens is 202 g/mol. The second kappa shape index (κ2) is 5.99. The van der Waals surface area contributed by atoms with Gasteiger partial charge in [0.2, 0.25) is 0 Å². The molecule has 0 bridgehead atoms. The summed E-state index contributed by atoms with van der Waals surface area (Å²) in [6, 6.07) is 8.54. The van der Waals surface area contributed by atoms with Gasteiger partial charge in [-0.2, -0.15) is 0 Å². The molecule has 1 aromatic rings. The Hall–Kier alpha value is -0.900. The quantitative estimate of drug-likeness (QED) is 0.808. The third-order valence-electron chi connectivity index (χ3n) is 2.96. The van der Waals surface area contributed by atoms with E-state index in [1.807, 2.05) is 12.1 Å². The molecule has 3 nitrogen and oxygen atoms in total. The van der Waals surface area contributed by atoms with Crippen molar-refractivity contribution < 1.29 is 9.84 Å². The van der Waals surface area contributed by atoms with Gasteiger partial charge in [-0.1, -0.05) is 24.3 Å². The van der Waals surface area contributed by atoms with Crippen LogP contribution in [0.1, 0.15) is 24.0 Å². The molecular formula is C13H19NO2. The summed E-state index contributed by atoms with van der Waals surface area (Å²) in [5.74, 6) is 0. The number of benzene rings is 1. The van der Waals surface area contributed by atoms with Crippen molar-refractivity contribution >= 4 is 0 Å². The summed E-state index contributed by atoms with van der Waals surface area (Å²) >= 11 is 0. The average Bonchev–Trinajstić information content (AvgIpc) is 2.38. The van der Waals surface area contributed by atoms with Crippen molar-refractivity contribution in [2.75, 3.05) is 13.2 Å². The highest BCUT2D eigenvalue weighted by molar-refractivity contribution is 5.21. The number of nitrogens with one attached hydrogen (secondary N) is 1. The zero-order valence-electron chi connectivity index (χ0n) is 9.48. The maximum absolute atomic E-state index is 8.93. The molecule has 1 atom stereocenters. The van der Waals surface area contributed by atoms with Crippen LogP contribution in [-0.2, 0) is 17.9 Å². The summed E-state index contributed by atoms with van der Waals surface area (Å²) in [5, 5.41) is 12.4. The van der Waals surface area contributed by atoms with Crippen LogP contribution in [0.3, 0.4) is 0 Å². The van der Waals surface area contributed by atoms with Crippen LogP contribution in [0, 0.1) is 0 Å². The number of hydrogen-bond donors (Lipinski definition) is 2. The third kappa shape index (κ3) is 3.30. The van der Waals surface area contributed by atoms with Crippen LogP contribution >= 0.6 is 0 Å². The standard InChI is InChI=1S/C13H19NO2/c15-9-12-5-3-11(4-6-12)8-14-13-2-1-7-16-10-13/h3-6,13-15H,1-2,7-10H2. The van der Waals surface area contributed by atoms with Crippen LogP contribution in [0.5, 0.6) is 0 Å². The van der Waals surface area contributed by atoms with Crippen LogP contribution in [-0.4, -0.2) is 24.4 Å². The molecule has 0 amide bonds. The van der Waals surface area contributed by atoms with Crippen molar-refractivity contribution in [2.24, 2.45) is 0 Å². The molecule has 1 unspecified atom stereocenters. The molecule has 88 valence electrons. The highest BCUT2D eigenvalue weighted by Crippen LogP contribution is 2.08. The van der Waals surface area contributed by atoms with Crippen LogP contribution in [0.4, 0.5) is 0 Å². The Balaban J connectivity index is 1.79. The lowest BCUT2D eigenvalue weighted by Gasteiger charge is -2.23. The summed E-state index contributed by atoms with van der Waals surface area (Å²) in [4.78, 5) is 0. The van der Waals surface area contributed by atoms with Crippen LogP contribution in [0.15, 0.2) is 24.3 Å². The van der Waals surface area contributed by atoms with Gasteiger partial charge in [0.15, 0.2) is 0 Å². The molecule has 1 aromatic carbocycles. The van der Waals surface area contributed by atoms with Gasteiger partial charge in [0.05, 0.1) is 13.2 Å². The van der Waals surface area contributed by atoms with Crippen molar-refractivity contribution in [1.82, 2.24) is 5.32 Å². The maximum Gasteiger partial charge on any atom is 0.0681 e. The molecule has 0 radical (unpaired) electrons. The highest BCUT2D eigenvalue weighted by atomic mass is 16.5. The Morgan fingerprint density at radius 1 is 1.25 bits per heavy atom. The Morgan fingerprint density at radius 2 is 2.00 bits per heavy atom. The molecule has 0 spiro atoms. The minimum Gasteiger partial charge on any atom is -0.392 e. The van der Waals surface area contributed by atoms with Gasteiger partial charge in [-0.25, -0.2) is 0 Å². The van der Waals surface area contributed by atoms with E-state index in [1.165, 1.54) is 12.0 Å². The Bertz CT molecular complexity index is 304. The first-order valence-electron chi connectivity index (χ1n) is 5.88. The van der Waals surface area contributed by atoms with E-state index in [0.29, 0.717) is 6.04 Å². The smallest absolute Gasteiger partial charge is 0.0681 e. The second-order valence-electron chi connectivity index (χ2n) is 4.27. The fourth-order valence-corrected chi connectivity index (χ4v) is 1.93. The normalized spacial score (nSPS) is 20.9. The fraction of sp³-hybridized carbons (Fsp3) is 0.538. The summed E-state index contributed by atoms with van der Waals surface area (Å²) in [6.07, 6.45) is 2.36. The van der Waals surface area contributed by atoms with Crippen molar-refractivity contribution in [2.45, 2.75) is 32.0 Å². The Labute approximate surface area is 96.4 Å². The summed E-state index contributed by atoms with van der Waals surface area (Å²) in [7, 11) is 0. The van der Waals surface area contributed by atoms with Crippen molar-refractivity contribution in [3.8, 4) is 0 Å². The minimum absolute atomic E-state index is 0.115. The van der Waals surface area contributed by atoms with Gasteiger partial charge in [-0.15, -0.1) is 0 Å². The number of aliphatic hydroxyl groups excluding tert-OH is 1. The molecule has 1 aliphatic rings. The second-order valence-corrected chi connectivity index (χ2v) is 4.27. The summed E-state index contributed by atoms with van der Waals surface area (Å²) in [6.45, 7) is 2.72. The van der Waals surface area contributed by atoms with Crippen molar-refractivity contribution in [3.05, 3.63) is 35.4 Å². The van der Waals surface area contributed by atoms with Crippen molar-refractivity contribution in [3.63, 3.8) is 0 Å². The SMILES string of the molecule is OCc1ccc(CNC2CCCOC2)cc1. The summed E-state index contributed by atoms with van der Waals surface area (Å²) in [5.41, 5.74) is 2.22. The van der Waals surface area contributed by atoms with Crippen LogP contribution in [0.25, 0.3) is 0 Å². The maximum atomic E-state index is 8.93. The molecule has 1 aliphatic heterocycles. The fourth-order valence-electron chi connectivity index (χ4n) is 1.93. The van der Waals surface area contributed by atoms with E-state index in [-0.39, 0.29) is 6.61 Å². The van der Waals surface area contributed by atoms with E-state index in [0.717, 1.165) is 31.7 Å². The molecule has 1 saturated heterocycles. The largest absolute Gasteiger partial charge is 0.392 e. The van der Waals surface area contributed by atoms with E-state index >= 15 is 0 Å². The first kappa shape index (κ1) is 11.6. The first-order chi connectivity index (χ1) is 7.88. The van der Waals surface area contributed by atoms with Gasteiger partial charge in [0.1, 0.15) is 0 Å². The predicted molar refractivity (Wildman–Crippen MR) is 63.0 cm³/mol. The highest BCUT2D eigenvalue weighted by Gasteiger charge is 2.12. The van der Waals surface area contributed by atoms with Gasteiger partial charge >= 0.3 is 0 Å². The van der Waals surface area contributed by atoms with Gasteiger partial charge in [0, 0.05) is 19.2 Å². The van der Waals surface area contributed by atoms with E-state index < -0.39 is 0 Å². The molecule has 3 heteroatoms. The predicted octanol–water partition coefficient (Wildman–Crippen LogP) is 1.45. The lowest BCUT2D eigenvalue weighted by Crippen LogP contribution is -2.36. The number of ether oxygens (including phenoxy) is 1. The number of hydrogen-bond acceptors (Lipinski definition) is 3. The van der Waals surface area contributed by atoms with Crippen LogP contribution < -0.4 is 5.32 Å².